The summed E-state index contributed by atoms with van der Waals surface area (Å²) in [5.74, 6) is 1.77. The molecular formula is C23H21BrO4. The minimum Gasteiger partial charge on any atom is -0.479 e. The number of hydrogen-bond acceptors (Lipinski definition) is 4. The molecule has 0 spiro atoms. The molecule has 0 amide bonds. The van der Waals surface area contributed by atoms with Gasteiger partial charge in [0.2, 0.25) is 0 Å². The van der Waals surface area contributed by atoms with Crippen LogP contribution in [-0.2, 0) is 15.1 Å². The zero-order valence-corrected chi connectivity index (χ0v) is 17.3. The zero-order chi connectivity index (χ0) is 20.0. The van der Waals surface area contributed by atoms with E-state index in [9.17, 15) is 4.79 Å². The lowest BCUT2D eigenvalue weighted by Gasteiger charge is -2.30. The number of halogens is 1. The number of rotatable bonds is 7. The van der Waals surface area contributed by atoms with Crippen LogP contribution in [0.25, 0.3) is 0 Å². The van der Waals surface area contributed by atoms with Gasteiger partial charge in [-0.25, -0.2) is 0 Å². The van der Waals surface area contributed by atoms with Crippen LogP contribution in [0, 0.1) is 0 Å². The van der Waals surface area contributed by atoms with E-state index in [2.05, 4.69) is 15.9 Å². The second kappa shape index (κ2) is 8.93. The summed E-state index contributed by atoms with van der Waals surface area (Å²) in [5, 5.41) is 0. The fourth-order valence-corrected chi connectivity index (χ4v) is 2.94. The third kappa shape index (κ3) is 5.36. The van der Waals surface area contributed by atoms with Crippen LogP contribution in [0.3, 0.4) is 0 Å². The molecule has 1 unspecified atom stereocenters. The van der Waals surface area contributed by atoms with E-state index in [0.717, 1.165) is 15.8 Å². The van der Waals surface area contributed by atoms with Crippen molar-refractivity contribution in [2.45, 2.75) is 19.4 Å². The van der Waals surface area contributed by atoms with Crippen LogP contribution in [0.5, 0.6) is 17.2 Å². The molecule has 0 saturated carbocycles. The van der Waals surface area contributed by atoms with Gasteiger partial charge in [-0.15, -0.1) is 0 Å². The maximum Gasteiger partial charge on any atom is 0.302 e. The molecule has 0 aliphatic rings. The average molecular weight is 441 g/mol. The molecule has 0 saturated heterocycles. The van der Waals surface area contributed by atoms with Crippen LogP contribution >= 0.6 is 15.9 Å². The van der Waals surface area contributed by atoms with Crippen molar-refractivity contribution in [3.8, 4) is 17.2 Å². The molecule has 0 aliphatic heterocycles. The molecule has 28 heavy (non-hydrogen) atoms. The minimum absolute atomic E-state index is 0.115. The first kappa shape index (κ1) is 20.0. The van der Waals surface area contributed by atoms with Crippen molar-refractivity contribution in [2.24, 2.45) is 0 Å². The van der Waals surface area contributed by atoms with Gasteiger partial charge in [-0.2, -0.15) is 0 Å². The van der Waals surface area contributed by atoms with Gasteiger partial charge in [-0.3, -0.25) is 4.79 Å². The molecule has 4 nitrogen and oxygen atoms in total. The van der Waals surface area contributed by atoms with Crippen LogP contribution in [0.4, 0.5) is 0 Å². The molecule has 1 atom stereocenters. The van der Waals surface area contributed by atoms with Gasteiger partial charge >= 0.3 is 5.97 Å². The van der Waals surface area contributed by atoms with Crippen LogP contribution in [0.15, 0.2) is 83.3 Å². The molecule has 0 aliphatic carbocycles. The third-order valence-corrected chi connectivity index (χ3v) is 4.68. The molecule has 0 aromatic heterocycles. The Balaban J connectivity index is 1.75. The molecule has 3 rings (SSSR count). The lowest BCUT2D eigenvalue weighted by molar-refractivity contribution is -0.147. The highest BCUT2D eigenvalue weighted by Crippen LogP contribution is 2.31. The standard InChI is InChI=1S/C23H21BrO4/c1-17(25)26-16-23(2,18-6-4-3-5-7-18)28-22-14-12-21(13-15-22)27-20-10-8-19(24)9-11-20/h3-15H,16H2,1-2H3. The molecule has 0 N–H and O–H groups in total. The van der Waals surface area contributed by atoms with E-state index in [4.69, 9.17) is 14.2 Å². The largest absolute Gasteiger partial charge is 0.479 e. The zero-order valence-electron chi connectivity index (χ0n) is 15.7. The lowest BCUT2D eigenvalue weighted by Crippen LogP contribution is -2.35. The van der Waals surface area contributed by atoms with Crippen molar-refractivity contribution in [1.29, 1.82) is 0 Å². The Morgan fingerprint density at radius 3 is 1.96 bits per heavy atom. The molecule has 0 radical (unpaired) electrons. The van der Waals surface area contributed by atoms with Gasteiger partial charge in [-0.05, 0) is 61.0 Å². The summed E-state index contributed by atoms with van der Waals surface area (Å²) in [6.07, 6.45) is 0. The number of carbonyl (C=O) groups is 1. The monoisotopic (exact) mass is 440 g/mol. The van der Waals surface area contributed by atoms with Crippen LogP contribution in [0.1, 0.15) is 19.4 Å². The SMILES string of the molecule is CC(=O)OCC(C)(Oc1ccc(Oc2ccc(Br)cc2)cc1)c1ccccc1. The molecule has 0 bridgehead atoms. The van der Waals surface area contributed by atoms with Gasteiger partial charge in [-0.1, -0.05) is 46.3 Å². The summed E-state index contributed by atoms with van der Waals surface area (Å²) in [4.78, 5) is 11.3. The Hall–Kier alpha value is -2.79. The van der Waals surface area contributed by atoms with Crippen molar-refractivity contribution in [3.05, 3.63) is 88.9 Å². The number of carbonyl (C=O) groups excluding carboxylic acids is 1. The van der Waals surface area contributed by atoms with Gasteiger partial charge in [0.15, 0.2) is 5.60 Å². The van der Waals surface area contributed by atoms with Crippen molar-refractivity contribution < 1.29 is 19.0 Å². The first-order valence-corrected chi connectivity index (χ1v) is 9.65. The van der Waals surface area contributed by atoms with Crippen molar-refractivity contribution in [2.75, 3.05) is 6.61 Å². The molecule has 0 fully saturated rings. The average Bonchev–Trinajstić information content (AvgIpc) is 2.70. The van der Waals surface area contributed by atoms with E-state index in [-0.39, 0.29) is 12.6 Å². The lowest BCUT2D eigenvalue weighted by atomic mass is 9.96. The summed E-state index contributed by atoms with van der Waals surface area (Å²) >= 11 is 3.41. The molecular weight excluding hydrogens is 420 g/mol. The smallest absolute Gasteiger partial charge is 0.302 e. The van der Waals surface area contributed by atoms with Gasteiger partial charge in [0, 0.05) is 11.4 Å². The van der Waals surface area contributed by atoms with E-state index in [0.29, 0.717) is 11.5 Å². The van der Waals surface area contributed by atoms with Gasteiger partial charge in [0.1, 0.15) is 23.9 Å². The maximum absolute atomic E-state index is 11.3. The summed E-state index contributed by atoms with van der Waals surface area (Å²) in [6, 6.07) is 24.7. The predicted molar refractivity (Wildman–Crippen MR) is 112 cm³/mol. The van der Waals surface area contributed by atoms with Crippen LogP contribution < -0.4 is 9.47 Å². The van der Waals surface area contributed by atoms with Crippen molar-refractivity contribution in [1.82, 2.24) is 0 Å². The summed E-state index contributed by atoms with van der Waals surface area (Å²) in [6.45, 7) is 3.40. The quantitative estimate of drug-likeness (QED) is 0.416. The molecule has 3 aromatic rings. The third-order valence-electron chi connectivity index (χ3n) is 4.15. The fourth-order valence-electron chi connectivity index (χ4n) is 2.68. The second-order valence-corrected chi connectivity index (χ2v) is 7.42. The molecule has 144 valence electrons. The highest BCUT2D eigenvalue weighted by molar-refractivity contribution is 9.10. The Morgan fingerprint density at radius 1 is 0.857 bits per heavy atom. The molecule has 0 heterocycles. The number of benzene rings is 3. The minimum atomic E-state index is -0.805. The highest BCUT2D eigenvalue weighted by Gasteiger charge is 2.30. The van der Waals surface area contributed by atoms with E-state index in [1.165, 1.54) is 6.92 Å². The summed E-state index contributed by atoms with van der Waals surface area (Å²) < 4.78 is 18.3. The Bertz CT molecular complexity index is 908. The van der Waals surface area contributed by atoms with E-state index in [1.54, 1.807) is 0 Å². The molecule has 5 heteroatoms. The van der Waals surface area contributed by atoms with E-state index >= 15 is 0 Å². The first-order chi connectivity index (χ1) is 13.4. The highest BCUT2D eigenvalue weighted by atomic mass is 79.9. The fraction of sp³-hybridized carbons (Fsp3) is 0.174. The van der Waals surface area contributed by atoms with Gasteiger partial charge < -0.3 is 14.2 Å². The normalized spacial score (nSPS) is 12.7. The Labute approximate surface area is 173 Å². The topological polar surface area (TPSA) is 44.8 Å². The number of esters is 1. The number of ether oxygens (including phenoxy) is 3. The van der Waals surface area contributed by atoms with Gasteiger partial charge in [0.05, 0.1) is 0 Å². The Morgan fingerprint density at radius 2 is 1.39 bits per heavy atom. The Kier molecular flexibility index (Phi) is 6.37. The molecule has 3 aromatic carbocycles. The second-order valence-electron chi connectivity index (χ2n) is 6.51. The van der Waals surface area contributed by atoms with Crippen LogP contribution in [-0.4, -0.2) is 12.6 Å². The predicted octanol–water partition coefficient (Wildman–Crippen LogP) is 6.10. The first-order valence-electron chi connectivity index (χ1n) is 8.86. The van der Waals surface area contributed by atoms with E-state index in [1.807, 2.05) is 85.8 Å². The van der Waals surface area contributed by atoms with Crippen molar-refractivity contribution in [3.63, 3.8) is 0 Å². The summed E-state index contributed by atoms with van der Waals surface area (Å²) in [7, 11) is 0. The maximum atomic E-state index is 11.3. The van der Waals surface area contributed by atoms with Crippen LogP contribution in [0.2, 0.25) is 0 Å². The van der Waals surface area contributed by atoms with Gasteiger partial charge in [0.25, 0.3) is 0 Å². The van der Waals surface area contributed by atoms with E-state index < -0.39 is 5.60 Å². The number of hydrogen-bond donors (Lipinski definition) is 0. The van der Waals surface area contributed by atoms with Crippen molar-refractivity contribution >= 4 is 21.9 Å². The summed E-state index contributed by atoms with van der Waals surface area (Å²) in [5.41, 5.74) is 0.118.